The van der Waals surface area contributed by atoms with Crippen molar-refractivity contribution in [2.45, 2.75) is 46.6 Å². The lowest BCUT2D eigenvalue weighted by atomic mass is 10.2. The molecule has 2 aromatic rings. The van der Waals surface area contributed by atoms with Crippen molar-refractivity contribution >= 4 is 29.0 Å². The monoisotopic (exact) mass is 450 g/mol. The highest BCUT2D eigenvalue weighted by Gasteiger charge is 2.24. The van der Waals surface area contributed by atoms with E-state index < -0.39 is 35.8 Å². The average Bonchev–Trinajstić information content (AvgIpc) is 2.73. The second-order valence-electron chi connectivity index (χ2n) is 7.57. The number of ether oxygens (including phenoxy) is 3. The zero-order chi connectivity index (χ0) is 23.4. The molecule has 1 fully saturated rings. The van der Waals surface area contributed by atoms with E-state index in [-0.39, 0.29) is 22.4 Å². The zero-order valence-corrected chi connectivity index (χ0v) is 18.5. The number of nitrogens with one attached hydrogen (secondary N) is 1. The minimum Gasteiger partial charge on any atom is -0.431 e. The van der Waals surface area contributed by atoms with Gasteiger partial charge in [0.05, 0.1) is 11.5 Å². The summed E-state index contributed by atoms with van der Waals surface area (Å²) in [4.78, 5) is 43.3. The van der Waals surface area contributed by atoms with Gasteiger partial charge in [0.15, 0.2) is 11.6 Å². The second-order valence-corrected chi connectivity index (χ2v) is 7.57. The Morgan fingerprint density at radius 3 is 2.50 bits per heavy atom. The summed E-state index contributed by atoms with van der Waals surface area (Å²) in [5.74, 6) is -1.48. The summed E-state index contributed by atoms with van der Waals surface area (Å²) in [6.07, 6.45) is -1.38. The highest BCUT2D eigenvalue weighted by atomic mass is 19.1. The number of halogens is 1. The molecule has 11 heteroatoms. The molecule has 3 heterocycles. The molecule has 0 amide bonds. The molecule has 0 spiro atoms. The van der Waals surface area contributed by atoms with Gasteiger partial charge in [0.1, 0.15) is 11.2 Å². The minimum absolute atomic E-state index is 0.0366. The first-order valence-corrected chi connectivity index (χ1v) is 10.5. The number of nitrogens with zero attached hydrogens (tertiary/aromatic N) is 3. The number of piperazine rings is 1. The predicted octanol–water partition coefficient (Wildman–Crippen LogP) is 2.03. The van der Waals surface area contributed by atoms with Crippen LogP contribution in [0.5, 0.6) is 0 Å². The van der Waals surface area contributed by atoms with E-state index in [0.717, 1.165) is 6.07 Å². The highest BCUT2D eigenvalue weighted by molar-refractivity contribution is 5.93. The van der Waals surface area contributed by atoms with Crippen molar-refractivity contribution in [1.29, 1.82) is 0 Å². The summed E-state index contributed by atoms with van der Waals surface area (Å²) < 4.78 is 31.2. The molecule has 2 aromatic heterocycles. The van der Waals surface area contributed by atoms with Gasteiger partial charge in [-0.2, -0.15) is 0 Å². The fourth-order valence-electron chi connectivity index (χ4n) is 3.36. The molecule has 0 saturated carbocycles. The van der Waals surface area contributed by atoms with Gasteiger partial charge >= 0.3 is 12.1 Å². The van der Waals surface area contributed by atoms with Crippen LogP contribution in [0.25, 0.3) is 11.0 Å². The molecule has 0 aliphatic carbocycles. The predicted molar refractivity (Wildman–Crippen MR) is 114 cm³/mol. The summed E-state index contributed by atoms with van der Waals surface area (Å²) in [5.41, 5.74) is -0.762. The fraction of sp³-hybridized carbons (Fsp3) is 0.524. The summed E-state index contributed by atoms with van der Waals surface area (Å²) in [6.45, 7) is 9.37. The summed E-state index contributed by atoms with van der Waals surface area (Å²) in [6, 6.07) is 1.10. The molecule has 0 bridgehead atoms. The number of rotatable bonds is 6. The molecule has 1 saturated heterocycles. The SMILES string of the molecule is CCn1cc(C(=O)OC(C)OC(=O)OC(C)C)c(=O)c2cc(F)c(N3CCNCC3)nc21. The number of hydrogen-bond donors (Lipinski definition) is 1. The topological polar surface area (TPSA) is 112 Å². The highest BCUT2D eigenvalue weighted by Crippen LogP contribution is 2.22. The van der Waals surface area contributed by atoms with E-state index in [1.165, 1.54) is 13.1 Å². The Balaban J connectivity index is 1.91. The molecular weight excluding hydrogens is 423 g/mol. The van der Waals surface area contributed by atoms with Crippen molar-refractivity contribution in [3.8, 4) is 0 Å². The van der Waals surface area contributed by atoms with Crippen LogP contribution >= 0.6 is 0 Å². The third-order valence-corrected chi connectivity index (χ3v) is 4.83. The number of carbonyl (C=O) groups excluding carboxylic acids is 2. The summed E-state index contributed by atoms with van der Waals surface area (Å²) in [5, 5.41) is 3.15. The van der Waals surface area contributed by atoms with Crippen LogP contribution in [0.1, 0.15) is 38.1 Å². The van der Waals surface area contributed by atoms with Crippen LogP contribution in [-0.4, -0.2) is 60.2 Å². The first-order chi connectivity index (χ1) is 15.2. The number of esters is 1. The van der Waals surface area contributed by atoms with E-state index >= 15 is 0 Å². The van der Waals surface area contributed by atoms with E-state index in [2.05, 4.69) is 10.3 Å². The molecule has 0 radical (unpaired) electrons. The van der Waals surface area contributed by atoms with Gasteiger partial charge in [0.25, 0.3) is 0 Å². The van der Waals surface area contributed by atoms with Crippen molar-refractivity contribution in [2.24, 2.45) is 0 Å². The molecule has 3 rings (SSSR count). The molecule has 10 nitrogen and oxygen atoms in total. The van der Waals surface area contributed by atoms with Crippen LogP contribution < -0.4 is 15.6 Å². The molecule has 174 valence electrons. The van der Waals surface area contributed by atoms with Crippen molar-refractivity contribution in [2.75, 3.05) is 31.1 Å². The lowest BCUT2D eigenvalue weighted by Crippen LogP contribution is -2.44. The van der Waals surface area contributed by atoms with Crippen molar-refractivity contribution < 1.29 is 28.2 Å². The van der Waals surface area contributed by atoms with Crippen LogP contribution in [0, 0.1) is 5.82 Å². The van der Waals surface area contributed by atoms with Gasteiger partial charge in [-0.05, 0) is 26.8 Å². The minimum atomic E-state index is -1.29. The third kappa shape index (κ3) is 5.16. The lowest BCUT2D eigenvalue weighted by Gasteiger charge is -2.29. The molecule has 1 atom stereocenters. The fourth-order valence-corrected chi connectivity index (χ4v) is 3.36. The van der Waals surface area contributed by atoms with E-state index in [9.17, 15) is 18.8 Å². The summed E-state index contributed by atoms with van der Waals surface area (Å²) in [7, 11) is 0. The molecule has 1 N–H and O–H groups in total. The van der Waals surface area contributed by atoms with Gasteiger partial charge < -0.3 is 29.0 Å². The van der Waals surface area contributed by atoms with Gasteiger partial charge in [-0.25, -0.2) is 19.0 Å². The number of anilines is 1. The Labute approximate surface area is 184 Å². The number of hydrogen-bond acceptors (Lipinski definition) is 9. The number of aromatic nitrogens is 2. The standard InChI is InChI=1S/C21H27FN4O6/c1-5-25-11-15(20(28)31-13(4)32-21(29)30-12(2)3)17(27)14-10-16(22)19(24-18(14)25)26-8-6-23-7-9-26/h10-13,23H,5-9H2,1-4H3. The average molecular weight is 450 g/mol. The number of aryl methyl sites for hydroxylation is 1. The number of pyridine rings is 2. The largest absolute Gasteiger partial charge is 0.511 e. The maximum atomic E-state index is 14.8. The molecule has 1 aliphatic rings. The number of carbonyl (C=O) groups is 2. The van der Waals surface area contributed by atoms with Crippen LogP contribution in [-0.2, 0) is 20.8 Å². The molecule has 0 aromatic carbocycles. The maximum Gasteiger partial charge on any atom is 0.511 e. The van der Waals surface area contributed by atoms with Gasteiger partial charge in [-0.1, -0.05) is 0 Å². The Morgan fingerprint density at radius 2 is 1.88 bits per heavy atom. The van der Waals surface area contributed by atoms with Gasteiger partial charge in [-0.15, -0.1) is 0 Å². The normalized spacial score (nSPS) is 15.0. The van der Waals surface area contributed by atoms with Crippen molar-refractivity contribution in [1.82, 2.24) is 14.9 Å². The lowest BCUT2D eigenvalue weighted by molar-refractivity contribution is -0.0867. The maximum absolute atomic E-state index is 14.8. The van der Waals surface area contributed by atoms with Crippen molar-refractivity contribution in [3.63, 3.8) is 0 Å². The first-order valence-electron chi connectivity index (χ1n) is 10.5. The van der Waals surface area contributed by atoms with E-state index in [1.54, 1.807) is 18.4 Å². The van der Waals surface area contributed by atoms with Crippen LogP contribution in [0.15, 0.2) is 17.1 Å². The van der Waals surface area contributed by atoms with Crippen LogP contribution in [0.3, 0.4) is 0 Å². The molecule has 1 aliphatic heterocycles. The summed E-state index contributed by atoms with van der Waals surface area (Å²) >= 11 is 0. The Kier molecular flexibility index (Phi) is 7.29. The van der Waals surface area contributed by atoms with E-state index in [0.29, 0.717) is 32.7 Å². The molecule has 32 heavy (non-hydrogen) atoms. The van der Waals surface area contributed by atoms with Gasteiger partial charge in [0.2, 0.25) is 11.7 Å². The van der Waals surface area contributed by atoms with Gasteiger partial charge in [0, 0.05) is 45.8 Å². The smallest absolute Gasteiger partial charge is 0.431 e. The zero-order valence-electron chi connectivity index (χ0n) is 18.5. The Hall–Kier alpha value is -3.21. The molecular formula is C21H27FN4O6. The quantitative estimate of drug-likeness (QED) is 0.522. The van der Waals surface area contributed by atoms with E-state index in [4.69, 9.17) is 14.2 Å². The molecule has 1 unspecified atom stereocenters. The first kappa shape index (κ1) is 23.5. The van der Waals surface area contributed by atoms with Crippen LogP contribution in [0.4, 0.5) is 15.0 Å². The van der Waals surface area contributed by atoms with Crippen LogP contribution in [0.2, 0.25) is 0 Å². The Morgan fingerprint density at radius 1 is 1.19 bits per heavy atom. The van der Waals surface area contributed by atoms with E-state index in [1.807, 2.05) is 11.8 Å². The van der Waals surface area contributed by atoms with Crippen molar-refractivity contribution in [3.05, 3.63) is 33.9 Å². The Bertz CT molecular complexity index is 1060. The van der Waals surface area contributed by atoms with Gasteiger partial charge in [-0.3, -0.25) is 4.79 Å². The third-order valence-electron chi connectivity index (χ3n) is 4.83. The second kappa shape index (κ2) is 9.94. The number of fused-ring (bicyclic) bond motifs is 1.